The number of likely N-dealkylation sites (N-methyl/N-ethyl adjacent to an activating group) is 1. The number of nitrogens with zero attached hydrogens (tertiary/aromatic N) is 2. The van der Waals surface area contributed by atoms with E-state index in [4.69, 9.17) is 0 Å². The minimum atomic E-state index is -0.485. The molecule has 1 fully saturated rings. The molecule has 1 N–H and O–H groups in total. The van der Waals surface area contributed by atoms with Gasteiger partial charge in [0.05, 0.1) is 5.41 Å². The first-order valence-corrected chi connectivity index (χ1v) is 8.23. The molecule has 1 amide bonds. The molecule has 2 rings (SSSR count). The lowest BCUT2D eigenvalue weighted by molar-refractivity contribution is -0.137. The van der Waals surface area contributed by atoms with E-state index in [9.17, 15) is 9.90 Å². The van der Waals surface area contributed by atoms with Crippen LogP contribution in [-0.4, -0.2) is 54.5 Å². The average molecular weight is 304 g/mol. The number of phenols is 1. The first-order chi connectivity index (χ1) is 10.5. The Balaban J connectivity index is 2.33. The summed E-state index contributed by atoms with van der Waals surface area (Å²) < 4.78 is 0. The monoisotopic (exact) mass is 304 g/mol. The van der Waals surface area contributed by atoms with Gasteiger partial charge in [-0.15, -0.1) is 0 Å². The van der Waals surface area contributed by atoms with E-state index in [-0.39, 0.29) is 11.7 Å². The molecule has 0 radical (unpaired) electrons. The Morgan fingerprint density at radius 2 is 2.09 bits per heavy atom. The third kappa shape index (κ3) is 3.43. The first-order valence-electron chi connectivity index (χ1n) is 8.23. The van der Waals surface area contributed by atoms with Crippen LogP contribution >= 0.6 is 0 Å². The van der Waals surface area contributed by atoms with Crippen molar-refractivity contribution in [3.8, 4) is 5.75 Å². The van der Waals surface area contributed by atoms with Gasteiger partial charge in [0.1, 0.15) is 5.75 Å². The van der Waals surface area contributed by atoms with Gasteiger partial charge in [0, 0.05) is 19.6 Å². The molecule has 0 saturated carbocycles. The van der Waals surface area contributed by atoms with E-state index in [1.807, 2.05) is 31.1 Å². The molecule has 1 aromatic carbocycles. The van der Waals surface area contributed by atoms with Gasteiger partial charge in [0.15, 0.2) is 0 Å². The Labute approximate surface area is 133 Å². The van der Waals surface area contributed by atoms with Crippen molar-refractivity contribution in [3.63, 3.8) is 0 Å². The zero-order valence-electron chi connectivity index (χ0n) is 14.0. The maximum absolute atomic E-state index is 13.2. The van der Waals surface area contributed by atoms with Crippen LogP contribution in [0.25, 0.3) is 0 Å². The molecule has 0 aliphatic carbocycles. The summed E-state index contributed by atoms with van der Waals surface area (Å²) in [6.07, 6.45) is 3.74. The summed E-state index contributed by atoms with van der Waals surface area (Å²) in [6, 6.07) is 7.25. The van der Waals surface area contributed by atoms with Gasteiger partial charge < -0.3 is 14.9 Å². The Morgan fingerprint density at radius 3 is 2.73 bits per heavy atom. The number of hydrogen-bond donors (Lipinski definition) is 1. The van der Waals surface area contributed by atoms with Crippen molar-refractivity contribution in [2.45, 2.75) is 38.0 Å². The van der Waals surface area contributed by atoms with Crippen molar-refractivity contribution in [1.29, 1.82) is 0 Å². The van der Waals surface area contributed by atoms with Crippen LogP contribution in [0.2, 0.25) is 0 Å². The molecule has 1 atom stereocenters. The van der Waals surface area contributed by atoms with Crippen LogP contribution in [0.1, 0.15) is 38.2 Å². The molecule has 0 bridgehead atoms. The van der Waals surface area contributed by atoms with Gasteiger partial charge in [0.2, 0.25) is 5.91 Å². The Kier molecular flexibility index (Phi) is 5.46. The van der Waals surface area contributed by atoms with E-state index in [1.54, 1.807) is 12.1 Å². The van der Waals surface area contributed by atoms with Crippen molar-refractivity contribution in [1.82, 2.24) is 9.80 Å². The topological polar surface area (TPSA) is 43.8 Å². The molecule has 0 aromatic heterocycles. The largest absolute Gasteiger partial charge is 0.508 e. The lowest BCUT2D eigenvalue weighted by Crippen LogP contribution is -2.47. The number of hydrogen-bond acceptors (Lipinski definition) is 3. The number of aromatic hydroxyl groups is 1. The van der Waals surface area contributed by atoms with E-state index < -0.39 is 5.41 Å². The molecule has 4 heteroatoms. The van der Waals surface area contributed by atoms with Gasteiger partial charge in [-0.05, 0) is 51.1 Å². The second-order valence-electron chi connectivity index (χ2n) is 6.54. The maximum atomic E-state index is 13.2. The summed E-state index contributed by atoms with van der Waals surface area (Å²) >= 11 is 0. The minimum Gasteiger partial charge on any atom is -0.508 e. The fourth-order valence-electron chi connectivity index (χ4n) is 3.38. The molecular weight excluding hydrogens is 276 g/mol. The molecule has 1 saturated heterocycles. The second-order valence-corrected chi connectivity index (χ2v) is 6.54. The van der Waals surface area contributed by atoms with Crippen LogP contribution in [0.3, 0.4) is 0 Å². The summed E-state index contributed by atoms with van der Waals surface area (Å²) in [5.74, 6) is 0.460. The highest BCUT2D eigenvalue weighted by atomic mass is 16.3. The molecule has 1 heterocycles. The highest BCUT2D eigenvalue weighted by Gasteiger charge is 2.42. The van der Waals surface area contributed by atoms with Crippen molar-refractivity contribution in [2.75, 3.05) is 33.7 Å². The number of phenolic OH excluding ortho intramolecular Hbond substituents is 1. The standard InChI is InChI=1S/C18H28N2O2/c1-4-18(15-8-7-9-16(21)14-15)10-5-6-11-20(17(18)22)13-12-19(2)3/h7-9,14,21H,4-6,10-13H2,1-3H3. The molecule has 1 aliphatic rings. The quantitative estimate of drug-likeness (QED) is 0.909. The normalized spacial score (nSPS) is 22.9. The molecule has 1 aromatic rings. The van der Waals surface area contributed by atoms with Gasteiger partial charge in [-0.3, -0.25) is 4.79 Å². The summed E-state index contributed by atoms with van der Waals surface area (Å²) in [6.45, 7) is 4.57. The van der Waals surface area contributed by atoms with Crippen LogP contribution in [-0.2, 0) is 10.2 Å². The van der Waals surface area contributed by atoms with Crippen molar-refractivity contribution >= 4 is 5.91 Å². The summed E-state index contributed by atoms with van der Waals surface area (Å²) in [5.41, 5.74) is 0.471. The Bertz CT molecular complexity index is 516. The summed E-state index contributed by atoms with van der Waals surface area (Å²) in [4.78, 5) is 17.4. The van der Waals surface area contributed by atoms with Gasteiger partial charge in [-0.1, -0.05) is 25.5 Å². The van der Waals surface area contributed by atoms with Crippen molar-refractivity contribution in [3.05, 3.63) is 29.8 Å². The van der Waals surface area contributed by atoms with E-state index in [0.717, 1.165) is 50.9 Å². The average Bonchev–Trinajstić information content (AvgIpc) is 2.65. The number of benzene rings is 1. The Morgan fingerprint density at radius 1 is 1.32 bits per heavy atom. The number of carbonyl (C=O) groups is 1. The fraction of sp³-hybridized carbons (Fsp3) is 0.611. The molecule has 22 heavy (non-hydrogen) atoms. The lowest BCUT2D eigenvalue weighted by atomic mass is 9.73. The van der Waals surface area contributed by atoms with E-state index in [2.05, 4.69) is 11.8 Å². The molecule has 122 valence electrons. The number of likely N-dealkylation sites (tertiary alicyclic amines) is 1. The molecular formula is C18H28N2O2. The van der Waals surface area contributed by atoms with Gasteiger partial charge in [-0.2, -0.15) is 0 Å². The smallest absolute Gasteiger partial charge is 0.233 e. The fourth-order valence-corrected chi connectivity index (χ4v) is 3.38. The van der Waals surface area contributed by atoms with Gasteiger partial charge in [0.25, 0.3) is 0 Å². The number of rotatable bonds is 5. The summed E-state index contributed by atoms with van der Waals surface area (Å²) in [7, 11) is 4.06. The van der Waals surface area contributed by atoms with E-state index in [0.29, 0.717) is 0 Å². The SMILES string of the molecule is CCC1(c2cccc(O)c2)CCCCN(CCN(C)C)C1=O. The highest BCUT2D eigenvalue weighted by Crippen LogP contribution is 2.38. The van der Waals surface area contributed by atoms with Crippen LogP contribution in [0.5, 0.6) is 5.75 Å². The molecule has 1 aliphatic heterocycles. The first kappa shape index (κ1) is 16.8. The third-order valence-corrected chi connectivity index (χ3v) is 4.80. The molecule has 0 spiro atoms. The molecule has 1 unspecified atom stereocenters. The van der Waals surface area contributed by atoms with Crippen molar-refractivity contribution < 1.29 is 9.90 Å². The predicted molar refractivity (Wildman–Crippen MR) is 89.1 cm³/mol. The van der Waals surface area contributed by atoms with Crippen molar-refractivity contribution in [2.24, 2.45) is 0 Å². The predicted octanol–water partition coefficient (Wildman–Crippen LogP) is 2.61. The third-order valence-electron chi connectivity index (χ3n) is 4.80. The van der Waals surface area contributed by atoms with Crippen LogP contribution < -0.4 is 0 Å². The maximum Gasteiger partial charge on any atom is 0.233 e. The number of amides is 1. The summed E-state index contributed by atoms with van der Waals surface area (Å²) in [5, 5.41) is 9.82. The molecule has 4 nitrogen and oxygen atoms in total. The van der Waals surface area contributed by atoms with E-state index in [1.165, 1.54) is 0 Å². The van der Waals surface area contributed by atoms with Crippen LogP contribution in [0.4, 0.5) is 0 Å². The van der Waals surface area contributed by atoms with Crippen LogP contribution in [0, 0.1) is 0 Å². The highest BCUT2D eigenvalue weighted by molar-refractivity contribution is 5.88. The zero-order valence-corrected chi connectivity index (χ0v) is 14.0. The van der Waals surface area contributed by atoms with Crippen LogP contribution in [0.15, 0.2) is 24.3 Å². The van der Waals surface area contributed by atoms with Gasteiger partial charge in [-0.25, -0.2) is 0 Å². The lowest BCUT2D eigenvalue weighted by Gasteiger charge is -2.35. The minimum absolute atomic E-state index is 0.222. The van der Waals surface area contributed by atoms with E-state index >= 15 is 0 Å². The second kappa shape index (κ2) is 7.14. The van der Waals surface area contributed by atoms with Gasteiger partial charge >= 0.3 is 0 Å². The number of carbonyl (C=O) groups excluding carboxylic acids is 1. The Hall–Kier alpha value is -1.55. The zero-order chi connectivity index (χ0) is 16.2.